The number of hydrogen-bond donors (Lipinski definition) is 1. The maximum Gasteiger partial charge on any atom is 0.193 e. The molecule has 0 aliphatic carbocycles. The lowest BCUT2D eigenvalue weighted by atomic mass is 10.1. The van der Waals surface area contributed by atoms with Gasteiger partial charge in [-0.25, -0.2) is 0 Å². The summed E-state index contributed by atoms with van der Waals surface area (Å²) < 4.78 is 11.0. The molecule has 3 aliphatic heterocycles. The molecule has 152 valence electrons. The fourth-order valence-corrected chi connectivity index (χ4v) is 3.97. The first kappa shape index (κ1) is 22.1. The number of aliphatic imine (C=N–C) groups is 1. The number of nitrogens with zero attached hydrogens (tertiary/aromatic N) is 4. The summed E-state index contributed by atoms with van der Waals surface area (Å²) in [5.74, 6) is 1.78. The van der Waals surface area contributed by atoms with Crippen molar-refractivity contribution in [2.75, 3.05) is 85.8 Å². The van der Waals surface area contributed by atoms with E-state index in [0.29, 0.717) is 6.04 Å². The molecule has 8 heteroatoms. The highest BCUT2D eigenvalue weighted by Gasteiger charge is 2.24. The van der Waals surface area contributed by atoms with Crippen LogP contribution in [-0.2, 0) is 9.47 Å². The average molecular weight is 481 g/mol. The van der Waals surface area contributed by atoms with Gasteiger partial charge in [0.25, 0.3) is 0 Å². The summed E-state index contributed by atoms with van der Waals surface area (Å²) in [7, 11) is 1.89. The maximum atomic E-state index is 5.51. The van der Waals surface area contributed by atoms with E-state index in [2.05, 4.69) is 31.9 Å². The van der Waals surface area contributed by atoms with Gasteiger partial charge in [-0.2, -0.15) is 0 Å². The Labute approximate surface area is 175 Å². The van der Waals surface area contributed by atoms with E-state index in [0.717, 1.165) is 84.1 Å². The summed E-state index contributed by atoms with van der Waals surface area (Å²) in [6, 6.07) is 0.515. The number of halogens is 1. The van der Waals surface area contributed by atoms with Crippen molar-refractivity contribution in [1.29, 1.82) is 0 Å². The predicted molar refractivity (Wildman–Crippen MR) is 116 cm³/mol. The van der Waals surface area contributed by atoms with E-state index >= 15 is 0 Å². The highest BCUT2D eigenvalue weighted by molar-refractivity contribution is 14.0. The van der Waals surface area contributed by atoms with Gasteiger partial charge < -0.3 is 19.7 Å². The van der Waals surface area contributed by atoms with Crippen LogP contribution in [0.15, 0.2) is 4.99 Å². The van der Waals surface area contributed by atoms with Gasteiger partial charge in [0.05, 0.1) is 19.8 Å². The Morgan fingerprint density at radius 1 is 1.08 bits per heavy atom. The van der Waals surface area contributed by atoms with Gasteiger partial charge >= 0.3 is 0 Å². The van der Waals surface area contributed by atoms with Crippen molar-refractivity contribution in [2.45, 2.75) is 19.4 Å². The molecule has 2 unspecified atom stereocenters. The molecule has 3 fully saturated rings. The lowest BCUT2D eigenvalue weighted by Crippen LogP contribution is -2.54. The number of ether oxygens (including phenoxy) is 2. The fourth-order valence-electron chi connectivity index (χ4n) is 3.97. The van der Waals surface area contributed by atoms with Crippen LogP contribution in [0.4, 0.5) is 0 Å². The van der Waals surface area contributed by atoms with E-state index in [1.807, 2.05) is 7.05 Å². The summed E-state index contributed by atoms with van der Waals surface area (Å²) in [5.41, 5.74) is 0. The first-order chi connectivity index (χ1) is 12.3. The van der Waals surface area contributed by atoms with Crippen LogP contribution in [0.25, 0.3) is 0 Å². The Kier molecular flexibility index (Phi) is 9.90. The highest BCUT2D eigenvalue weighted by Crippen LogP contribution is 2.15. The second-order valence-electron chi connectivity index (χ2n) is 7.45. The molecule has 7 nitrogen and oxygen atoms in total. The molecule has 3 heterocycles. The quantitative estimate of drug-likeness (QED) is 0.352. The number of morpholine rings is 1. The van der Waals surface area contributed by atoms with E-state index in [-0.39, 0.29) is 24.0 Å². The van der Waals surface area contributed by atoms with Gasteiger partial charge in [0.15, 0.2) is 5.96 Å². The van der Waals surface area contributed by atoms with E-state index in [1.165, 1.54) is 13.0 Å². The topological polar surface area (TPSA) is 52.6 Å². The number of piperazine rings is 1. The summed E-state index contributed by atoms with van der Waals surface area (Å²) in [6.07, 6.45) is 1.23. The molecule has 3 saturated heterocycles. The van der Waals surface area contributed by atoms with Gasteiger partial charge in [-0.3, -0.25) is 14.8 Å². The van der Waals surface area contributed by atoms with E-state index in [4.69, 9.17) is 9.47 Å². The predicted octanol–water partition coefficient (Wildman–Crippen LogP) is 0.555. The third-order valence-corrected chi connectivity index (χ3v) is 5.61. The van der Waals surface area contributed by atoms with Crippen LogP contribution in [0.1, 0.15) is 13.3 Å². The third kappa shape index (κ3) is 6.47. The monoisotopic (exact) mass is 481 g/mol. The Balaban J connectivity index is 0.00000243. The van der Waals surface area contributed by atoms with Gasteiger partial charge in [0.2, 0.25) is 0 Å². The summed E-state index contributed by atoms with van der Waals surface area (Å²) >= 11 is 0. The average Bonchev–Trinajstić information content (AvgIpc) is 3.14. The third-order valence-electron chi connectivity index (χ3n) is 5.61. The van der Waals surface area contributed by atoms with E-state index in [1.54, 1.807) is 0 Å². The van der Waals surface area contributed by atoms with Crippen LogP contribution in [0, 0.1) is 5.92 Å². The van der Waals surface area contributed by atoms with Gasteiger partial charge in [-0.05, 0) is 19.3 Å². The fraction of sp³-hybridized carbons (Fsp3) is 0.944. The number of guanidine groups is 1. The summed E-state index contributed by atoms with van der Waals surface area (Å²) in [5, 5.41) is 3.55. The minimum Gasteiger partial charge on any atom is -0.381 e. The zero-order chi connectivity index (χ0) is 17.5. The molecule has 0 aromatic heterocycles. The lowest BCUT2D eigenvalue weighted by molar-refractivity contribution is 0.000801. The zero-order valence-corrected chi connectivity index (χ0v) is 18.7. The van der Waals surface area contributed by atoms with E-state index in [9.17, 15) is 0 Å². The van der Waals surface area contributed by atoms with Gasteiger partial charge in [0, 0.05) is 72.1 Å². The molecule has 0 aromatic rings. The normalized spacial score (nSPS) is 28.8. The minimum absolute atomic E-state index is 0. The Bertz CT molecular complexity index is 426. The standard InChI is InChI=1S/C18H35N5O2.HI/c1-16-14-25-12-10-22(16)5-4-20-18(19-2)23-8-6-21(7-9-23)13-17-3-11-24-15-17;/h16-17H,3-15H2,1-2H3,(H,19,20);1H. The minimum atomic E-state index is 0. The number of hydrogen-bond acceptors (Lipinski definition) is 5. The molecule has 0 saturated carbocycles. The maximum absolute atomic E-state index is 5.51. The molecule has 0 radical (unpaired) electrons. The molecule has 0 aromatic carbocycles. The SMILES string of the molecule is CN=C(NCCN1CCOCC1C)N1CCN(CC2CCOC2)CC1.I. The van der Waals surface area contributed by atoms with Gasteiger partial charge in [0.1, 0.15) is 0 Å². The summed E-state index contributed by atoms with van der Waals surface area (Å²) in [6.45, 7) is 14.4. The molecule has 3 rings (SSSR count). The van der Waals surface area contributed by atoms with Crippen molar-refractivity contribution in [1.82, 2.24) is 20.0 Å². The zero-order valence-electron chi connectivity index (χ0n) is 16.4. The van der Waals surface area contributed by atoms with Crippen LogP contribution < -0.4 is 5.32 Å². The van der Waals surface area contributed by atoms with Crippen molar-refractivity contribution in [2.24, 2.45) is 10.9 Å². The molecule has 3 aliphatic rings. The lowest BCUT2D eigenvalue weighted by Gasteiger charge is -2.38. The van der Waals surface area contributed by atoms with Crippen molar-refractivity contribution >= 4 is 29.9 Å². The van der Waals surface area contributed by atoms with Gasteiger partial charge in [-0.1, -0.05) is 0 Å². The van der Waals surface area contributed by atoms with Gasteiger partial charge in [-0.15, -0.1) is 24.0 Å². The van der Waals surface area contributed by atoms with Crippen LogP contribution >= 0.6 is 24.0 Å². The summed E-state index contributed by atoms with van der Waals surface area (Å²) in [4.78, 5) is 12.0. The molecular weight excluding hydrogens is 445 g/mol. The highest BCUT2D eigenvalue weighted by atomic mass is 127. The molecule has 26 heavy (non-hydrogen) atoms. The molecule has 2 atom stereocenters. The Hall–Kier alpha value is -0.160. The largest absolute Gasteiger partial charge is 0.381 e. The van der Waals surface area contributed by atoms with E-state index < -0.39 is 0 Å². The molecule has 0 bridgehead atoms. The Morgan fingerprint density at radius 2 is 1.85 bits per heavy atom. The molecule has 0 amide bonds. The van der Waals surface area contributed by atoms with Crippen molar-refractivity contribution in [3.05, 3.63) is 0 Å². The van der Waals surface area contributed by atoms with Crippen molar-refractivity contribution in [3.63, 3.8) is 0 Å². The van der Waals surface area contributed by atoms with Crippen LogP contribution in [0.5, 0.6) is 0 Å². The van der Waals surface area contributed by atoms with Crippen LogP contribution in [0.3, 0.4) is 0 Å². The molecule has 0 spiro atoms. The Morgan fingerprint density at radius 3 is 2.50 bits per heavy atom. The smallest absolute Gasteiger partial charge is 0.193 e. The van der Waals surface area contributed by atoms with Crippen LogP contribution in [-0.4, -0.2) is 113 Å². The molecular formula is C18H36IN5O2. The second-order valence-corrected chi connectivity index (χ2v) is 7.45. The first-order valence-corrected chi connectivity index (χ1v) is 9.83. The van der Waals surface area contributed by atoms with Crippen LogP contribution in [0.2, 0.25) is 0 Å². The number of nitrogens with one attached hydrogen (secondary N) is 1. The second kappa shape index (κ2) is 11.6. The number of rotatable bonds is 5. The molecule has 1 N–H and O–H groups in total. The first-order valence-electron chi connectivity index (χ1n) is 9.83. The van der Waals surface area contributed by atoms with Crippen molar-refractivity contribution in [3.8, 4) is 0 Å². The van der Waals surface area contributed by atoms with Crippen molar-refractivity contribution < 1.29 is 9.47 Å².